The highest BCUT2D eigenvalue weighted by atomic mass is 15.2. The van der Waals surface area contributed by atoms with E-state index in [9.17, 15) is 0 Å². The average molecular weight is 233 g/mol. The standard InChI is InChI=1S/C14H23N3/c1-11-6-5-8-14-15-12(10-17(11)14)13-7-3-4-9-16(13)2/h10-11,13H,3-9H2,1-2H3. The number of nitrogens with zero attached hydrogens (tertiary/aromatic N) is 3. The Morgan fingerprint density at radius 1 is 1.24 bits per heavy atom. The number of likely N-dealkylation sites (tertiary alicyclic amines) is 1. The van der Waals surface area contributed by atoms with E-state index in [-0.39, 0.29) is 0 Å². The van der Waals surface area contributed by atoms with Gasteiger partial charge in [-0.05, 0) is 46.2 Å². The maximum atomic E-state index is 4.90. The highest BCUT2D eigenvalue weighted by Crippen LogP contribution is 2.32. The Morgan fingerprint density at radius 3 is 2.88 bits per heavy atom. The van der Waals surface area contributed by atoms with Gasteiger partial charge < -0.3 is 4.57 Å². The molecule has 2 unspecified atom stereocenters. The van der Waals surface area contributed by atoms with Gasteiger partial charge in [-0.1, -0.05) is 6.42 Å². The van der Waals surface area contributed by atoms with Crippen molar-refractivity contribution >= 4 is 0 Å². The van der Waals surface area contributed by atoms with Gasteiger partial charge in [-0.3, -0.25) is 4.90 Å². The van der Waals surface area contributed by atoms with Crippen LogP contribution in [0.1, 0.15) is 62.6 Å². The SMILES string of the molecule is CC1CCCc2nc(C3CCCCN3C)cn21. The van der Waals surface area contributed by atoms with Gasteiger partial charge >= 0.3 is 0 Å². The summed E-state index contributed by atoms with van der Waals surface area (Å²) in [6.07, 6.45) is 10.1. The molecule has 0 amide bonds. The summed E-state index contributed by atoms with van der Waals surface area (Å²) in [6, 6.07) is 1.21. The highest BCUT2D eigenvalue weighted by Gasteiger charge is 2.26. The predicted molar refractivity (Wildman–Crippen MR) is 69.1 cm³/mol. The van der Waals surface area contributed by atoms with Crippen molar-refractivity contribution in [1.82, 2.24) is 14.5 Å². The number of piperidine rings is 1. The Bertz CT molecular complexity index is 396. The molecule has 3 heteroatoms. The van der Waals surface area contributed by atoms with E-state index >= 15 is 0 Å². The van der Waals surface area contributed by atoms with Crippen molar-refractivity contribution in [2.45, 2.75) is 57.5 Å². The summed E-state index contributed by atoms with van der Waals surface area (Å²) >= 11 is 0. The molecule has 0 aromatic carbocycles. The normalized spacial score (nSPS) is 30.2. The maximum absolute atomic E-state index is 4.90. The van der Waals surface area contributed by atoms with Crippen LogP contribution in [0.25, 0.3) is 0 Å². The van der Waals surface area contributed by atoms with Crippen LogP contribution >= 0.6 is 0 Å². The predicted octanol–water partition coefficient (Wildman–Crippen LogP) is 2.94. The summed E-state index contributed by atoms with van der Waals surface area (Å²) in [5.41, 5.74) is 1.32. The van der Waals surface area contributed by atoms with Crippen LogP contribution in [-0.4, -0.2) is 28.0 Å². The Morgan fingerprint density at radius 2 is 2.12 bits per heavy atom. The van der Waals surface area contributed by atoms with E-state index in [1.807, 2.05) is 0 Å². The Kier molecular flexibility index (Phi) is 2.95. The lowest BCUT2D eigenvalue weighted by molar-refractivity contribution is 0.184. The molecule has 1 fully saturated rings. The number of aromatic nitrogens is 2. The van der Waals surface area contributed by atoms with Crippen LogP contribution in [0.15, 0.2) is 6.20 Å². The van der Waals surface area contributed by atoms with Crippen molar-refractivity contribution in [3.8, 4) is 0 Å². The maximum Gasteiger partial charge on any atom is 0.109 e. The zero-order chi connectivity index (χ0) is 11.8. The molecule has 2 aliphatic rings. The topological polar surface area (TPSA) is 21.1 Å². The van der Waals surface area contributed by atoms with E-state index in [0.717, 1.165) is 0 Å². The quantitative estimate of drug-likeness (QED) is 0.743. The van der Waals surface area contributed by atoms with Gasteiger partial charge in [0.15, 0.2) is 0 Å². The number of aryl methyl sites for hydroxylation is 1. The number of imidazole rings is 1. The fourth-order valence-electron chi connectivity index (χ4n) is 3.32. The average Bonchev–Trinajstić information content (AvgIpc) is 2.75. The smallest absolute Gasteiger partial charge is 0.109 e. The third kappa shape index (κ3) is 2.01. The van der Waals surface area contributed by atoms with Gasteiger partial charge in [0.25, 0.3) is 0 Å². The summed E-state index contributed by atoms with van der Waals surface area (Å²) in [7, 11) is 2.24. The van der Waals surface area contributed by atoms with Crippen LogP contribution in [0.5, 0.6) is 0 Å². The molecular formula is C14H23N3. The van der Waals surface area contributed by atoms with E-state index in [1.54, 1.807) is 0 Å². The summed E-state index contributed by atoms with van der Waals surface area (Å²) in [5, 5.41) is 0. The van der Waals surface area contributed by atoms with Gasteiger partial charge in [-0.15, -0.1) is 0 Å². The summed E-state index contributed by atoms with van der Waals surface area (Å²) < 4.78 is 2.42. The number of hydrogen-bond donors (Lipinski definition) is 0. The second kappa shape index (κ2) is 4.45. The van der Waals surface area contributed by atoms with Crippen LogP contribution < -0.4 is 0 Å². The first-order valence-electron chi connectivity index (χ1n) is 7.03. The summed E-state index contributed by atoms with van der Waals surface area (Å²) in [4.78, 5) is 7.37. The minimum Gasteiger partial charge on any atom is -0.332 e. The molecule has 1 aromatic rings. The summed E-state index contributed by atoms with van der Waals surface area (Å²) in [5.74, 6) is 1.32. The summed E-state index contributed by atoms with van der Waals surface area (Å²) in [6.45, 7) is 3.54. The molecule has 0 saturated carbocycles. The number of fused-ring (bicyclic) bond motifs is 1. The molecule has 3 nitrogen and oxygen atoms in total. The van der Waals surface area contributed by atoms with Gasteiger partial charge in [-0.2, -0.15) is 0 Å². The minimum atomic E-state index is 0.564. The largest absolute Gasteiger partial charge is 0.332 e. The Hall–Kier alpha value is -0.830. The molecule has 0 aliphatic carbocycles. The molecule has 1 aromatic heterocycles. The number of rotatable bonds is 1. The van der Waals surface area contributed by atoms with E-state index in [2.05, 4.69) is 29.6 Å². The Labute approximate surface area is 104 Å². The van der Waals surface area contributed by atoms with E-state index in [0.29, 0.717) is 12.1 Å². The molecule has 2 atom stereocenters. The van der Waals surface area contributed by atoms with E-state index < -0.39 is 0 Å². The molecule has 17 heavy (non-hydrogen) atoms. The molecule has 1 saturated heterocycles. The van der Waals surface area contributed by atoms with Crippen molar-refractivity contribution < 1.29 is 0 Å². The molecular weight excluding hydrogens is 210 g/mol. The molecule has 2 aliphatic heterocycles. The van der Waals surface area contributed by atoms with Crippen LogP contribution in [-0.2, 0) is 6.42 Å². The van der Waals surface area contributed by atoms with Crippen LogP contribution in [0.2, 0.25) is 0 Å². The first-order valence-corrected chi connectivity index (χ1v) is 7.03. The molecule has 94 valence electrons. The van der Waals surface area contributed by atoms with Crippen LogP contribution in [0.3, 0.4) is 0 Å². The van der Waals surface area contributed by atoms with Gasteiger partial charge in [0.2, 0.25) is 0 Å². The molecule has 0 bridgehead atoms. The lowest BCUT2D eigenvalue weighted by atomic mass is 10.0. The van der Waals surface area contributed by atoms with E-state index in [1.165, 1.54) is 56.6 Å². The minimum absolute atomic E-state index is 0.564. The first-order chi connectivity index (χ1) is 8.25. The second-order valence-electron chi connectivity index (χ2n) is 5.72. The van der Waals surface area contributed by atoms with Crippen molar-refractivity contribution in [3.05, 3.63) is 17.7 Å². The zero-order valence-electron chi connectivity index (χ0n) is 11.0. The fourth-order valence-corrected chi connectivity index (χ4v) is 3.32. The molecule has 0 N–H and O–H groups in total. The Balaban J connectivity index is 1.88. The third-order valence-corrected chi connectivity index (χ3v) is 4.44. The molecule has 0 radical (unpaired) electrons. The monoisotopic (exact) mass is 233 g/mol. The molecule has 3 heterocycles. The van der Waals surface area contributed by atoms with Crippen LogP contribution in [0, 0.1) is 0 Å². The molecule has 3 rings (SSSR count). The third-order valence-electron chi connectivity index (χ3n) is 4.44. The van der Waals surface area contributed by atoms with Crippen molar-refractivity contribution in [1.29, 1.82) is 0 Å². The van der Waals surface area contributed by atoms with Crippen LogP contribution in [0.4, 0.5) is 0 Å². The van der Waals surface area contributed by atoms with Crippen molar-refractivity contribution in [3.63, 3.8) is 0 Å². The fraction of sp³-hybridized carbons (Fsp3) is 0.786. The van der Waals surface area contributed by atoms with E-state index in [4.69, 9.17) is 4.98 Å². The lowest BCUT2D eigenvalue weighted by Gasteiger charge is -2.31. The second-order valence-corrected chi connectivity index (χ2v) is 5.72. The van der Waals surface area contributed by atoms with Gasteiger partial charge in [-0.25, -0.2) is 4.98 Å². The van der Waals surface area contributed by atoms with Crippen molar-refractivity contribution in [2.75, 3.05) is 13.6 Å². The first kappa shape index (κ1) is 11.3. The number of hydrogen-bond acceptors (Lipinski definition) is 2. The lowest BCUT2D eigenvalue weighted by Crippen LogP contribution is -2.29. The van der Waals surface area contributed by atoms with Crippen molar-refractivity contribution in [2.24, 2.45) is 0 Å². The van der Waals surface area contributed by atoms with Gasteiger partial charge in [0.1, 0.15) is 5.82 Å². The van der Waals surface area contributed by atoms with Gasteiger partial charge in [0.05, 0.1) is 11.7 Å². The molecule has 0 spiro atoms. The van der Waals surface area contributed by atoms with Gasteiger partial charge in [0, 0.05) is 18.7 Å². The highest BCUT2D eigenvalue weighted by molar-refractivity contribution is 5.12. The zero-order valence-corrected chi connectivity index (χ0v) is 11.0.